The molecule has 0 saturated carbocycles. The second-order valence-corrected chi connectivity index (χ2v) is 10.5. The van der Waals surface area contributed by atoms with Gasteiger partial charge in [-0.15, -0.1) is 22.7 Å². The summed E-state index contributed by atoms with van der Waals surface area (Å²) >= 11 is 3.26. The van der Waals surface area contributed by atoms with E-state index in [1.807, 2.05) is 50.1 Å². The lowest BCUT2D eigenvalue weighted by Gasteiger charge is -2.36. The molecular weight excluding hydrogens is 480 g/mol. The SMILES string of the molecule is CCC[C@H]1C[C@@H](OCC#N)CCN1C=O.Cc1ccc(Nc2nc(-c3sc(C)nc3C)cs2)nc1. The Labute approximate surface area is 215 Å². The van der Waals surface area contributed by atoms with Crippen LogP contribution in [0.1, 0.15) is 48.9 Å². The standard InChI is InChI=1S/C14H14N4S2.C11H18N2O2/c1-8-4-5-12(15-6-8)18-14-17-11(7-19-14)13-9(2)16-10(3)20-13;1-2-3-10-8-11(15-7-5-12)4-6-13(10)9-14/h4-7H,1-3H3,(H,15,17,18);9-11H,2-4,6-8H2,1H3/t;10-,11-/m.0/s1. The maximum atomic E-state index is 10.8. The number of aryl methyl sites for hydroxylation is 3. The number of nitriles is 1. The first-order valence-electron chi connectivity index (χ1n) is 11.7. The minimum absolute atomic E-state index is 0.150. The first kappa shape index (κ1) is 26.7. The van der Waals surface area contributed by atoms with Gasteiger partial charge in [-0.2, -0.15) is 5.26 Å². The van der Waals surface area contributed by atoms with Crippen molar-refractivity contribution in [2.45, 2.75) is 65.5 Å². The molecule has 1 amide bonds. The van der Waals surface area contributed by atoms with E-state index in [2.05, 4.69) is 32.6 Å². The van der Waals surface area contributed by atoms with Crippen LogP contribution in [0.25, 0.3) is 10.6 Å². The number of rotatable bonds is 8. The molecule has 1 aliphatic heterocycles. The molecule has 3 aromatic rings. The largest absolute Gasteiger partial charge is 0.363 e. The fraction of sp³-hybridized carbons (Fsp3) is 0.480. The van der Waals surface area contributed by atoms with Crippen molar-refractivity contribution in [3.05, 3.63) is 40.0 Å². The van der Waals surface area contributed by atoms with Crippen LogP contribution in [0.3, 0.4) is 0 Å². The quantitative estimate of drug-likeness (QED) is 0.389. The number of carbonyl (C=O) groups excluding carboxylic acids is 1. The number of ether oxygens (including phenoxy) is 1. The van der Waals surface area contributed by atoms with Crippen molar-refractivity contribution in [3.8, 4) is 16.6 Å². The van der Waals surface area contributed by atoms with Gasteiger partial charge in [-0.1, -0.05) is 19.4 Å². The Kier molecular flexibility index (Phi) is 10.1. The van der Waals surface area contributed by atoms with Crippen LogP contribution in [0, 0.1) is 32.1 Å². The van der Waals surface area contributed by atoms with Gasteiger partial charge in [0.15, 0.2) is 5.13 Å². The van der Waals surface area contributed by atoms with Crippen LogP contribution in [0.5, 0.6) is 0 Å². The van der Waals surface area contributed by atoms with E-state index in [4.69, 9.17) is 10.00 Å². The van der Waals surface area contributed by atoms with Crippen LogP contribution >= 0.6 is 22.7 Å². The normalized spacial score (nSPS) is 17.3. The minimum atomic E-state index is 0.150. The Morgan fingerprint density at radius 2 is 2.14 bits per heavy atom. The van der Waals surface area contributed by atoms with Gasteiger partial charge in [0.1, 0.15) is 12.4 Å². The number of nitrogens with zero attached hydrogens (tertiary/aromatic N) is 5. The molecule has 4 heterocycles. The molecule has 0 bridgehead atoms. The lowest BCUT2D eigenvalue weighted by Crippen LogP contribution is -2.44. The smallest absolute Gasteiger partial charge is 0.209 e. The number of aromatic nitrogens is 3. The van der Waals surface area contributed by atoms with Crippen molar-refractivity contribution < 1.29 is 9.53 Å². The highest BCUT2D eigenvalue weighted by Crippen LogP contribution is 2.32. The topological polar surface area (TPSA) is 104 Å². The van der Waals surface area contributed by atoms with Gasteiger partial charge in [-0.05, 0) is 51.7 Å². The average Bonchev–Trinajstić information content (AvgIpc) is 3.45. The van der Waals surface area contributed by atoms with E-state index in [9.17, 15) is 4.79 Å². The Morgan fingerprint density at radius 1 is 1.31 bits per heavy atom. The van der Waals surface area contributed by atoms with E-state index in [-0.39, 0.29) is 12.7 Å². The van der Waals surface area contributed by atoms with Crippen molar-refractivity contribution in [3.63, 3.8) is 0 Å². The van der Waals surface area contributed by atoms with Gasteiger partial charge in [0, 0.05) is 24.2 Å². The minimum Gasteiger partial charge on any atom is -0.363 e. The van der Waals surface area contributed by atoms with Gasteiger partial charge < -0.3 is 15.0 Å². The van der Waals surface area contributed by atoms with Gasteiger partial charge in [0.25, 0.3) is 0 Å². The zero-order valence-corrected chi connectivity index (χ0v) is 22.3. The molecule has 1 saturated heterocycles. The van der Waals surface area contributed by atoms with Crippen molar-refractivity contribution in [2.24, 2.45) is 0 Å². The molecule has 0 aliphatic carbocycles. The van der Waals surface area contributed by atoms with Crippen LogP contribution in [0.4, 0.5) is 10.9 Å². The van der Waals surface area contributed by atoms with Gasteiger partial charge in [-0.25, -0.2) is 15.0 Å². The number of piperidine rings is 1. The van der Waals surface area contributed by atoms with Crippen molar-refractivity contribution in [1.82, 2.24) is 19.9 Å². The number of anilines is 2. The van der Waals surface area contributed by atoms with E-state index >= 15 is 0 Å². The average molecular weight is 513 g/mol. The lowest BCUT2D eigenvalue weighted by atomic mass is 9.96. The number of pyridine rings is 1. The third kappa shape index (κ3) is 7.82. The lowest BCUT2D eigenvalue weighted by molar-refractivity contribution is -0.124. The summed E-state index contributed by atoms with van der Waals surface area (Å²) in [6.45, 7) is 9.08. The summed E-state index contributed by atoms with van der Waals surface area (Å²) in [6, 6.07) is 6.26. The maximum absolute atomic E-state index is 10.8. The van der Waals surface area contributed by atoms with E-state index < -0.39 is 0 Å². The monoisotopic (exact) mass is 512 g/mol. The molecule has 8 nitrogen and oxygen atoms in total. The Morgan fingerprint density at radius 3 is 2.77 bits per heavy atom. The number of thiazole rings is 2. The number of carbonyl (C=O) groups is 1. The van der Waals surface area contributed by atoms with Gasteiger partial charge in [-0.3, -0.25) is 4.79 Å². The second kappa shape index (κ2) is 13.3. The molecule has 186 valence electrons. The predicted octanol–water partition coefficient (Wildman–Crippen LogP) is 5.65. The van der Waals surface area contributed by atoms with Crippen LogP contribution in [-0.4, -0.2) is 51.6 Å². The summed E-state index contributed by atoms with van der Waals surface area (Å²) in [5.74, 6) is 0.814. The molecule has 4 rings (SSSR count). The third-order valence-electron chi connectivity index (χ3n) is 5.64. The summed E-state index contributed by atoms with van der Waals surface area (Å²) in [4.78, 5) is 27.2. The highest BCUT2D eigenvalue weighted by atomic mass is 32.1. The second-order valence-electron chi connectivity index (χ2n) is 8.43. The molecule has 0 radical (unpaired) electrons. The molecule has 0 spiro atoms. The predicted molar refractivity (Wildman–Crippen MR) is 141 cm³/mol. The zero-order chi connectivity index (χ0) is 25.2. The van der Waals surface area contributed by atoms with Crippen molar-refractivity contribution in [1.29, 1.82) is 5.26 Å². The number of nitrogens with one attached hydrogen (secondary N) is 1. The molecule has 1 fully saturated rings. The van der Waals surface area contributed by atoms with Crippen LogP contribution in [-0.2, 0) is 9.53 Å². The molecular formula is C25H32N6O2S2. The van der Waals surface area contributed by atoms with Crippen LogP contribution < -0.4 is 5.32 Å². The molecule has 35 heavy (non-hydrogen) atoms. The number of hydrogen-bond acceptors (Lipinski definition) is 9. The molecule has 10 heteroatoms. The van der Waals surface area contributed by atoms with Crippen LogP contribution in [0.15, 0.2) is 23.7 Å². The third-order valence-corrected chi connectivity index (χ3v) is 7.49. The zero-order valence-electron chi connectivity index (χ0n) is 20.7. The summed E-state index contributed by atoms with van der Waals surface area (Å²) < 4.78 is 5.40. The maximum Gasteiger partial charge on any atom is 0.209 e. The van der Waals surface area contributed by atoms with Gasteiger partial charge >= 0.3 is 0 Å². The Balaban J connectivity index is 0.000000205. The van der Waals surface area contributed by atoms with Crippen LogP contribution in [0.2, 0.25) is 0 Å². The molecule has 0 aromatic carbocycles. The molecule has 2 atom stereocenters. The summed E-state index contributed by atoms with van der Waals surface area (Å²) in [6.07, 6.45) is 6.73. The number of likely N-dealkylation sites (tertiary alicyclic amines) is 1. The molecule has 0 unspecified atom stereocenters. The van der Waals surface area contributed by atoms with Crippen molar-refractivity contribution >= 4 is 40.0 Å². The number of amides is 1. The van der Waals surface area contributed by atoms with E-state index in [0.29, 0.717) is 6.04 Å². The molecule has 1 N–H and O–H groups in total. The first-order valence-corrected chi connectivity index (χ1v) is 13.4. The Hall–Kier alpha value is -2.87. The highest BCUT2D eigenvalue weighted by Gasteiger charge is 2.27. The Bertz CT molecular complexity index is 1120. The summed E-state index contributed by atoms with van der Waals surface area (Å²) in [5, 5.41) is 15.6. The molecule has 3 aromatic heterocycles. The van der Waals surface area contributed by atoms with E-state index in [0.717, 1.165) is 76.4 Å². The fourth-order valence-corrected chi connectivity index (χ4v) is 5.61. The molecule has 1 aliphatic rings. The van der Waals surface area contributed by atoms with Crippen molar-refractivity contribution in [2.75, 3.05) is 18.5 Å². The van der Waals surface area contributed by atoms with Gasteiger partial charge in [0.2, 0.25) is 6.41 Å². The summed E-state index contributed by atoms with van der Waals surface area (Å²) in [5.41, 5.74) is 3.16. The van der Waals surface area contributed by atoms with E-state index in [1.165, 1.54) is 0 Å². The number of hydrogen-bond donors (Lipinski definition) is 1. The fourth-order valence-electron chi connectivity index (χ4n) is 3.95. The first-order chi connectivity index (χ1) is 16.9. The highest BCUT2D eigenvalue weighted by molar-refractivity contribution is 7.16. The summed E-state index contributed by atoms with van der Waals surface area (Å²) in [7, 11) is 0. The van der Waals surface area contributed by atoms with E-state index in [1.54, 1.807) is 22.7 Å². The van der Waals surface area contributed by atoms with Gasteiger partial charge in [0.05, 0.1) is 33.4 Å².